The minimum absolute atomic E-state index is 0.232. The van der Waals surface area contributed by atoms with Gasteiger partial charge in [0.25, 0.3) is 0 Å². The third kappa shape index (κ3) is 3.75. The van der Waals surface area contributed by atoms with Crippen LogP contribution in [0.4, 0.5) is 16.0 Å². The maximum absolute atomic E-state index is 13.4. The number of anilines is 2. The molecule has 0 unspecified atom stereocenters. The van der Waals surface area contributed by atoms with Crippen molar-refractivity contribution in [1.29, 1.82) is 0 Å². The van der Waals surface area contributed by atoms with Gasteiger partial charge in [-0.3, -0.25) is 0 Å². The van der Waals surface area contributed by atoms with E-state index in [0.717, 1.165) is 36.5 Å². The molecular weight excluding hydrogens is 331 g/mol. The third-order valence-corrected chi connectivity index (χ3v) is 4.50. The number of nitrogens with zero attached hydrogens (tertiary/aromatic N) is 3. The van der Waals surface area contributed by atoms with E-state index in [2.05, 4.69) is 33.2 Å². The molecule has 1 aliphatic heterocycles. The zero-order valence-electron chi connectivity index (χ0n) is 14.7. The van der Waals surface area contributed by atoms with E-state index in [-0.39, 0.29) is 11.9 Å². The highest BCUT2D eigenvalue weighted by molar-refractivity contribution is 5.80. The van der Waals surface area contributed by atoms with Crippen LogP contribution in [0, 0.1) is 5.82 Å². The molecule has 0 spiro atoms. The van der Waals surface area contributed by atoms with Crippen LogP contribution < -0.4 is 10.2 Å². The maximum atomic E-state index is 13.4. The summed E-state index contributed by atoms with van der Waals surface area (Å²) in [7, 11) is 0. The summed E-state index contributed by atoms with van der Waals surface area (Å²) in [6, 6.07) is 12.6. The fourth-order valence-electron chi connectivity index (χ4n) is 3.12. The van der Waals surface area contributed by atoms with Crippen LogP contribution in [-0.2, 0) is 11.3 Å². The molecule has 3 heterocycles. The Morgan fingerprint density at radius 3 is 2.92 bits per heavy atom. The number of rotatable bonds is 4. The van der Waals surface area contributed by atoms with E-state index in [1.54, 1.807) is 6.07 Å². The molecule has 1 N–H and O–H groups in total. The van der Waals surface area contributed by atoms with E-state index in [4.69, 9.17) is 4.74 Å². The highest BCUT2D eigenvalue weighted by Gasteiger charge is 2.17. The number of fused-ring (bicyclic) bond motifs is 1. The molecule has 1 saturated heterocycles. The maximum Gasteiger partial charge on any atom is 0.128 e. The lowest BCUT2D eigenvalue weighted by molar-refractivity contribution is 0.0529. The summed E-state index contributed by atoms with van der Waals surface area (Å²) in [5.41, 5.74) is 1.71. The Bertz CT molecular complexity index is 900. The Hall–Kier alpha value is -2.73. The molecule has 6 heteroatoms. The smallest absolute Gasteiger partial charge is 0.128 e. The van der Waals surface area contributed by atoms with Crippen LogP contribution in [0.5, 0.6) is 0 Å². The van der Waals surface area contributed by atoms with E-state index in [0.29, 0.717) is 17.9 Å². The predicted molar refractivity (Wildman–Crippen MR) is 101 cm³/mol. The van der Waals surface area contributed by atoms with E-state index in [1.807, 2.05) is 24.4 Å². The Balaban J connectivity index is 1.41. The SMILES string of the molecule is C[C@H]1CN(c2ccc(CNc3ccc4ccc(F)cc4n3)cn2)CCO1. The van der Waals surface area contributed by atoms with Crippen molar-refractivity contribution < 1.29 is 9.13 Å². The Morgan fingerprint density at radius 2 is 2.12 bits per heavy atom. The first kappa shape index (κ1) is 16.7. The highest BCUT2D eigenvalue weighted by Crippen LogP contribution is 2.18. The molecule has 0 bridgehead atoms. The minimum atomic E-state index is -0.278. The van der Waals surface area contributed by atoms with Gasteiger partial charge in [0.2, 0.25) is 0 Å². The first-order chi connectivity index (χ1) is 12.7. The Kier molecular flexibility index (Phi) is 4.67. The summed E-state index contributed by atoms with van der Waals surface area (Å²) in [5.74, 6) is 1.41. The zero-order chi connectivity index (χ0) is 17.9. The molecule has 4 rings (SSSR count). The molecule has 0 aliphatic carbocycles. The highest BCUT2D eigenvalue weighted by atomic mass is 19.1. The first-order valence-corrected chi connectivity index (χ1v) is 8.79. The van der Waals surface area contributed by atoms with Crippen molar-refractivity contribution in [3.05, 3.63) is 60.0 Å². The summed E-state index contributed by atoms with van der Waals surface area (Å²) in [6.45, 7) is 5.16. The van der Waals surface area contributed by atoms with Gasteiger partial charge in [0.05, 0.1) is 18.2 Å². The largest absolute Gasteiger partial charge is 0.375 e. The van der Waals surface area contributed by atoms with E-state index >= 15 is 0 Å². The monoisotopic (exact) mass is 352 g/mol. The van der Waals surface area contributed by atoms with Crippen molar-refractivity contribution in [2.45, 2.75) is 19.6 Å². The van der Waals surface area contributed by atoms with Crippen LogP contribution >= 0.6 is 0 Å². The van der Waals surface area contributed by atoms with Gasteiger partial charge < -0.3 is 15.0 Å². The average Bonchev–Trinajstić information content (AvgIpc) is 2.66. The molecule has 1 fully saturated rings. The molecule has 134 valence electrons. The molecule has 26 heavy (non-hydrogen) atoms. The normalized spacial score (nSPS) is 17.5. The first-order valence-electron chi connectivity index (χ1n) is 8.79. The van der Waals surface area contributed by atoms with Gasteiger partial charge in [-0.25, -0.2) is 14.4 Å². The van der Waals surface area contributed by atoms with Crippen LogP contribution in [0.1, 0.15) is 12.5 Å². The van der Waals surface area contributed by atoms with Gasteiger partial charge in [0, 0.05) is 37.3 Å². The van der Waals surface area contributed by atoms with Crippen LogP contribution in [0.25, 0.3) is 10.9 Å². The number of halogens is 1. The lowest BCUT2D eigenvalue weighted by Crippen LogP contribution is -2.41. The quantitative estimate of drug-likeness (QED) is 0.777. The number of hydrogen-bond donors (Lipinski definition) is 1. The van der Waals surface area contributed by atoms with Crippen molar-refractivity contribution in [1.82, 2.24) is 9.97 Å². The lowest BCUT2D eigenvalue weighted by atomic mass is 10.2. The van der Waals surface area contributed by atoms with E-state index in [1.165, 1.54) is 12.1 Å². The molecule has 0 saturated carbocycles. The minimum Gasteiger partial charge on any atom is -0.375 e. The number of nitrogens with one attached hydrogen (secondary N) is 1. The Morgan fingerprint density at radius 1 is 1.23 bits per heavy atom. The fourth-order valence-corrected chi connectivity index (χ4v) is 3.12. The number of pyridine rings is 2. The number of ether oxygens (including phenoxy) is 1. The van der Waals surface area contributed by atoms with Gasteiger partial charge in [0.15, 0.2) is 0 Å². The molecule has 0 amide bonds. The van der Waals surface area contributed by atoms with Gasteiger partial charge in [-0.05, 0) is 42.8 Å². The summed E-state index contributed by atoms with van der Waals surface area (Å²) >= 11 is 0. The van der Waals surface area contributed by atoms with E-state index < -0.39 is 0 Å². The summed E-state index contributed by atoms with van der Waals surface area (Å²) in [6.07, 6.45) is 2.11. The second-order valence-corrected chi connectivity index (χ2v) is 6.54. The number of morpholine rings is 1. The van der Waals surface area contributed by atoms with Crippen LogP contribution in [0.3, 0.4) is 0 Å². The van der Waals surface area contributed by atoms with Gasteiger partial charge in [-0.1, -0.05) is 6.07 Å². The molecule has 0 radical (unpaired) electrons. The fraction of sp³-hybridized carbons (Fsp3) is 0.300. The van der Waals surface area contributed by atoms with Crippen LogP contribution in [0.15, 0.2) is 48.7 Å². The van der Waals surface area contributed by atoms with Crippen molar-refractivity contribution in [3.63, 3.8) is 0 Å². The summed E-state index contributed by atoms with van der Waals surface area (Å²) in [5, 5.41) is 4.19. The molecule has 1 aromatic carbocycles. The van der Waals surface area contributed by atoms with Gasteiger partial charge in [0.1, 0.15) is 17.5 Å². The van der Waals surface area contributed by atoms with Crippen molar-refractivity contribution in [2.24, 2.45) is 0 Å². The number of benzene rings is 1. The van der Waals surface area contributed by atoms with Crippen molar-refractivity contribution >= 4 is 22.5 Å². The van der Waals surface area contributed by atoms with Crippen molar-refractivity contribution in [3.8, 4) is 0 Å². The number of aromatic nitrogens is 2. The lowest BCUT2D eigenvalue weighted by Gasteiger charge is -2.32. The summed E-state index contributed by atoms with van der Waals surface area (Å²) < 4.78 is 18.9. The average molecular weight is 352 g/mol. The van der Waals surface area contributed by atoms with Gasteiger partial charge in [-0.2, -0.15) is 0 Å². The molecular formula is C20H21FN4O. The summed E-state index contributed by atoms with van der Waals surface area (Å²) in [4.78, 5) is 11.3. The van der Waals surface area contributed by atoms with E-state index in [9.17, 15) is 4.39 Å². The Labute approximate surface area is 151 Å². The zero-order valence-corrected chi connectivity index (χ0v) is 14.7. The molecule has 5 nitrogen and oxygen atoms in total. The van der Waals surface area contributed by atoms with Crippen molar-refractivity contribution in [2.75, 3.05) is 29.9 Å². The number of hydrogen-bond acceptors (Lipinski definition) is 5. The molecule has 3 aromatic rings. The van der Waals surface area contributed by atoms with Gasteiger partial charge >= 0.3 is 0 Å². The standard InChI is InChI=1S/C20H21FN4O/c1-14-13-25(8-9-26-14)20-7-2-15(12-23-20)11-22-19-6-4-16-3-5-17(21)10-18(16)24-19/h2-7,10,12,14H,8-9,11,13H2,1H3,(H,22,24)/t14-/m0/s1. The van der Waals surface area contributed by atoms with Crippen LogP contribution in [-0.4, -0.2) is 35.8 Å². The second kappa shape index (κ2) is 7.25. The van der Waals surface area contributed by atoms with Crippen LogP contribution in [0.2, 0.25) is 0 Å². The second-order valence-electron chi connectivity index (χ2n) is 6.54. The molecule has 2 aromatic heterocycles. The van der Waals surface area contributed by atoms with Gasteiger partial charge in [-0.15, -0.1) is 0 Å². The molecule has 1 aliphatic rings. The molecule has 1 atom stereocenters. The topological polar surface area (TPSA) is 50.3 Å². The predicted octanol–water partition coefficient (Wildman–Crippen LogP) is 3.61. The third-order valence-electron chi connectivity index (χ3n) is 4.50.